The number of aldehydes is 1. The van der Waals surface area contributed by atoms with Crippen molar-refractivity contribution in [1.29, 1.82) is 0 Å². The van der Waals surface area contributed by atoms with E-state index in [1.165, 1.54) is 0 Å². The second-order valence-corrected chi connectivity index (χ2v) is 2.27. The van der Waals surface area contributed by atoms with Gasteiger partial charge in [-0.1, -0.05) is 0 Å². The topological polar surface area (TPSA) is 58.2 Å². The van der Waals surface area contributed by atoms with Gasteiger partial charge in [-0.2, -0.15) is 0 Å². The summed E-state index contributed by atoms with van der Waals surface area (Å²) in [4.78, 5) is 20.2. The molecule has 1 atom stereocenters. The van der Waals surface area contributed by atoms with Gasteiger partial charge in [-0.3, -0.25) is 4.79 Å². The fourth-order valence-corrected chi connectivity index (χ4v) is 0.777. The first-order valence-electron chi connectivity index (χ1n) is 3.64. The lowest BCUT2D eigenvalue weighted by atomic mass is 10.2. The first-order valence-corrected chi connectivity index (χ1v) is 3.64. The number of amides is 1. The first-order chi connectivity index (χ1) is 5.35. The fourth-order valence-electron chi connectivity index (χ4n) is 0.777. The standard InChI is InChI=1S/C7H14N2O2/c1-8-4-2-3-7(5-10)9-6-11/h5-8H,2-4H2,1H3,(H,9,11)/t7-/m0/s1. The number of hydrogen-bond donors (Lipinski definition) is 2. The Balaban J connectivity index is 3.35. The SMILES string of the molecule is CNCCC[C@@H](C=O)NC=O. The van der Waals surface area contributed by atoms with Gasteiger partial charge in [0.05, 0.1) is 6.04 Å². The lowest BCUT2D eigenvalue weighted by Crippen LogP contribution is -2.29. The molecule has 0 aliphatic rings. The van der Waals surface area contributed by atoms with Crippen LogP contribution in [0.15, 0.2) is 0 Å². The molecule has 11 heavy (non-hydrogen) atoms. The van der Waals surface area contributed by atoms with E-state index in [4.69, 9.17) is 0 Å². The maximum Gasteiger partial charge on any atom is 0.207 e. The minimum absolute atomic E-state index is 0.319. The molecule has 4 heteroatoms. The smallest absolute Gasteiger partial charge is 0.207 e. The molecule has 0 heterocycles. The van der Waals surface area contributed by atoms with Crippen LogP contribution in [-0.4, -0.2) is 32.3 Å². The Morgan fingerprint density at radius 1 is 1.45 bits per heavy atom. The van der Waals surface area contributed by atoms with E-state index >= 15 is 0 Å². The molecule has 0 spiro atoms. The van der Waals surface area contributed by atoms with Crippen molar-refractivity contribution >= 4 is 12.7 Å². The highest BCUT2D eigenvalue weighted by molar-refractivity contribution is 5.63. The van der Waals surface area contributed by atoms with E-state index in [9.17, 15) is 9.59 Å². The second kappa shape index (κ2) is 7.21. The Kier molecular flexibility index (Phi) is 6.62. The van der Waals surface area contributed by atoms with Crippen LogP contribution in [0.2, 0.25) is 0 Å². The van der Waals surface area contributed by atoms with Gasteiger partial charge in [0.25, 0.3) is 0 Å². The van der Waals surface area contributed by atoms with Crippen molar-refractivity contribution in [2.24, 2.45) is 0 Å². The van der Waals surface area contributed by atoms with E-state index < -0.39 is 0 Å². The molecule has 0 radical (unpaired) electrons. The van der Waals surface area contributed by atoms with Gasteiger partial charge in [0.15, 0.2) is 0 Å². The monoisotopic (exact) mass is 158 g/mol. The average Bonchev–Trinajstić information content (AvgIpc) is 2.03. The molecule has 1 amide bonds. The second-order valence-electron chi connectivity index (χ2n) is 2.27. The summed E-state index contributed by atoms with van der Waals surface area (Å²) in [6, 6.07) is -0.319. The van der Waals surface area contributed by atoms with E-state index in [1.807, 2.05) is 7.05 Å². The predicted octanol–water partition coefficient (Wildman–Crippen LogP) is -0.701. The molecule has 0 saturated heterocycles. The lowest BCUT2D eigenvalue weighted by Gasteiger charge is -2.07. The zero-order valence-corrected chi connectivity index (χ0v) is 6.67. The first kappa shape index (κ1) is 10.1. The summed E-state index contributed by atoms with van der Waals surface area (Å²) in [5.74, 6) is 0. The summed E-state index contributed by atoms with van der Waals surface area (Å²) in [6.45, 7) is 0.866. The van der Waals surface area contributed by atoms with Gasteiger partial charge in [0, 0.05) is 0 Å². The van der Waals surface area contributed by atoms with Crippen LogP contribution in [0.25, 0.3) is 0 Å². The van der Waals surface area contributed by atoms with Gasteiger partial charge in [-0.25, -0.2) is 0 Å². The van der Waals surface area contributed by atoms with E-state index in [-0.39, 0.29) is 6.04 Å². The molecule has 0 unspecified atom stereocenters. The molecule has 0 aliphatic heterocycles. The van der Waals surface area contributed by atoms with Gasteiger partial charge < -0.3 is 15.4 Å². The van der Waals surface area contributed by atoms with Gasteiger partial charge in [0.1, 0.15) is 6.29 Å². The van der Waals surface area contributed by atoms with Crippen LogP contribution in [0.5, 0.6) is 0 Å². The molecule has 4 nitrogen and oxygen atoms in total. The summed E-state index contributed by atoms with van der Waals surface area (Å²) in [5, 5.41) is 5.37. The lowest BCUT2D eigenvalue weighted by molar-refractivity contribution is -0.115. The number of hydrogen-bond acceptors (Lipinski definition) is 3. The minimum Gasteiger partial charge on any atom is -0.349 e. The van der Waals surface area contributed by atoms with Crippen molar-refractivity contribution in [3.8, 4) is 0 Å². The molecule has 2 N–H and O–H groups in total. The third kappa shape index (κ3) is 5.54. The summed E-state index contributed by atoms with van der Waals surface area (Å²) in [6.07, 6.45) is 2.90. The normalized spacial score (nSPS) is 12.1. The van der Waals surface area contributed by atoms with Crippen LogP contribution < -0.4 is 10.6 Å². The van der Waals surface area contributed by atoms with Crippen LogP contribution in [0, 0.1) is 0 Å². The van der Waals surface area contributed by atoms with E-state index in [0.717, 1.165) is 19.3 Å². The van der Waals surface area contributed by atoms with Crippen LogP contribution in [0.1, 0.15) is 12.8 Å². The Bertz CT molecular complexity index is 117. The maximum absolute atomic E-state index is 10.2. The molecule has 0 fully saturated rings. The molecular weight excluding hydrogens is 144 g/mol. The summed E-state index contributed by atoms with van der Waals surface area (Å²) in [7, 11) is 1.85. The maximum atomic E-state index is 10.2. The van der Waals surface area contributed by atoms with Crippen molar-refractivity contribution in [2.45, 2.75) is 18.9 Å². The molecule has 0 aromatic rings. The van der Waals surface area contributed by atoms with E-state index in [2.05, 4.69) is 10.6 Å². The Labute approximate surface area is 66.4 Å². The Hall–Kier alpha value is -0.900. The quantitative estimate of drug-likeness (QED) is 0.380. The molecule has 0 saturated carbocycles. The third-order valence-corrected chi connectivity index (χ3v) is 1.39. The van der Waals surface area contributed by atoms with Crippen LogP contribution in [-0.2, 0) is 9.59 Å². The molecule has 0 rings (SSSR count). The van der Waals surface area contributed by atoms with Crippen molar-refractivity contribution in [2.75, 3.05) is 13.6 Å². The molecule has 0 aliphatic carbocycles. The summed E-state index contributed by atoms with van der Waals surface area (Å²) < 4.78 is 0. The van der Waals surface area contributed by atoms with Crippen molar-refractivity contribution in [3.05, 3.63) is 0 Å². The van der Waals surface area contributed by atoms with Crippen LogP contribution >= 0.6 is 0 Å². The highest BCUT2D eigenvalue weighted by Gasteiger charge is 2.02. The van der Waals surface area contributed by atoms with Gasteiger partial charge in [-0.15, -0.1) is 0 Å². The highest BCUT2D eigenvalue weighted by atomic mass is 16.1. The summed E-state index contributed by atoms with van der Waals surface area (Å²) in [5.41, 5.74) is 0. The number of carbonyl (C=O) groups excluding carboxylic acids is 2. The molecular formula is C7H14N2O2. The zero-order valence-electron chi connectivity index (χ0n) is 6.67. The summed E-state index contributed by atoms with van der Waals surface area (Å²) >= 11 is 0. The predicted molar refractivity (Wildman–Crippen MR) is 42.2 cm³/mol. The van der Waals surface area contributed by atoms with Gasteiger partial charge in [0.2, 0.25) is 6.41 Å². The molecule has 0 aromatic heterocycles. The van der Waals surface area contributed by atoms with Crippen LogP contribution in [0.3, 0.4) is 0 Å². The average molecular weight is 158 g/mol. The number of rotatable bonds is 7. The van der Waals surface area contributed by atoms with E-state index in [0.29, 0.717) is 12.8 Å². The molecule has 0 bridgehead atoms. The number of carbonyl (C=O) groups is 2. The van der Waals surface area contributed by atoms with Crippen molar-refractivity contribution in [1.82, 2.24) is 10.6 Å². The Morgan fingerprint density at radius 2 is 2.18 bits per heavy atom. The molecule has 64 valence electrons. The minimum atomic E-state index is -0.319. The number of nitrogens with one attached hydrogen (secondary N) is 2. The van der Waals surface area contributed by atoms with Gasteiger partial charge in [-0.05, 0) is 26.4 Å². The fraction of sp³-hybridized carbons (Fsp3) is 0.714. The molecule has 0 aromatic carbocycles. The third-order valence-electron chi connectivity index (χ3n) is 1.39. The Morgan fingerprint density at radius 3 is 2.64 bits per heavy atom. The zero-order chi connectivity index (χ0) is 8.53. The largest absolute Gasteiger partial charge is 0.349 e. The van der Waals surface area contributed by atoms with Crippen molar-refractivity contribution < 1.29 is 9.59 Å². The van der Waals surface area contributed by atoms with Crippen molar-refractivity contribution in [3.63, 3.8) is 0 Å². The van der Waals surface area contributed by atoms with Gasteiger partial charge >= 0.3 is 0 Å². The highest BCUT2D eigenvalue weighted by Crippen LogP contribution is 1.91. The van der Waals surface area contributed by atoms with E-state index in [1.54, 1.807) is 0 Å². The van der Waals surface area contributed by atoms with Crippen LogP contribution in [0.4, 0.5) is 0 Å².